The van der Waals surface area contributed by atoms with Gasteiger partial charge in [0, 0.05) is 12.3 Å². The highest BCUT2D eigenvalue weighted by Gasteiger charge is 2.34. The van der Waals surface area contributed by atoms with Gasteiger partial charge < -0.3 is 29.4 Å². The maximum Gasteiger partial charge on any atom is 0.407 e. The van der Waals surface area contributed by atoms with Gasteiger partial charge in [-0.3, -0.25) is 0 Å². The van der Waals surface area contributed by atoms with Crippen molar-refractivity contribution in [3.63, 3.8) is 0 Å². The lowest BCUT2D eigenvalue weighted by Crippen LogP contribution is -2.43. The van der Waals surface area contributed by atoms with Gasteiger partial charge in [0.1, 0.15) is 19.3 Å². The van der Waals surface area contributed by atoms with Gasteiger partial charge in [0.15, 0.2) is 12.4 Å². The van der Waals surface area contributed by atoms with Crippen LogP contribution >= 0.6 is 0 Å². The fourth-order valence-electron chi connectivity index (χ4n) is 4.31. The van der Waals surface area contributed by atoms with E-state index in [9.17, 15) is 14.4 Å². The molecule has 0 bridgehead atoms. The summed E-state index contributed by atoms with van der Waals surface area (Å²) in [5.74, 6) is -1.90. The zero-order valence-corrected chi connectivity index (χ0v) is 19.1. The van der Waals surface area contributed by atoms with E-state index in [0.29, 0.717) is 0 Å². The number of fused-ring (bicyclic) bond motifs is 3. The van der Waals surface area contributed by atoms with Crippen molar-refractivity contribution < 1.29 is 38.4 Å². The average Bonchev–Trinajstić information content (AvgIpc) is 3.47. The fourth-order valence-corrected chi connectivity index (χ4v) is 4.31. The molecule has 9 nitrogen and oxygen atoms in total. The normalized spacial score (nSPS) is 19.3. The van der Waals surface area contributed by atoms with Gasteiger partial charge in [0.05, 0.1) is 6.61 Å². The summed E-state index contributed by atoms with van der Waals surface area (Å²) in [7, 11) is 0. The van der Waals surface area contributed by atoms with E-state index in [4.69, 9.17) is 24.1 Å². The molecule has 2 aliphatic rings. The summed E-state index contributed by atoms with van der Waals surface area (Å²) >= 11 is 0. The van der Waals surface area contributed by atoms with Crippen molar-refractivity contribution in [2.24, 2.45) is 0 Å². The van der Waals surface area contributed by atoms with Crippen LogP contribution in [0.5, 0.6) is 0 Å². The molecule has 1 amide bonds. The van der Waals surface area contributed by atoms with Crippen molar-refractivity contribution in [3.8, 4) is 11.1 Å². The summed E-state index contributed by atoms with van der Waals surface area (Å²) in [6.45, 7) is 3.52. The van der Waals surface area contributed by atoms with E-state index in [0.717, 1.165) is 22.3 Å². The molecular weight excluding hydrogens is 454 g/mol. The van der Waals surface area contributed by atoms with Gasteiger partial charge in [0.2, 0.25) is 0 Å². The zero-order chi connectivity index (χ0) is 24.8. The third-order valence-electron chi connectivity index (χ3n) is 5.98. The molecule has 35 heavy (non-hydrogen) atoms. The Bertz CT molecular complexity index is 1050. The highest BCUT2D eigenvalue weighted by Crippen LogP contribution is 2.44. The number of hydrogen-bond acceptors (Lipinski definition) is 7. The van der Waals surface area contributed by atoms with Gasteiger partial charge in [-0.05, 0) is 28.7 Å². The van der Waals surface area contributed by atoms with Crippen LogP contribution in [0.1, 0.15) is 29.9 Å². The monoisotopic (exact) mass is 481 g/mol. The Morgan fingerprint density at radius 2 is 1.74 bits per heavy atom. The second kappa shape index (κ2) is 11.2. The number of amides is 1. The predicted octanol–water partition coefficient (Wildman–Crippen LogP) is 3.23. The molecule has 0 spiro atoms. The molecule has 1 heterocycles. The number of benzene rings is 2. The molecule has 184 valence electrons. The minimum atomic E-state index is -1.12. The molecule has 3 atom stereocenters. The smallest absolute Gasteiger partial charge is 0.407 e. The number of aliphatic carboxylic acids is 1. The quantitative estimate of drug-likeness (QED) is 0.392. The zero-order valence-electron chi connectivity index (χ0n) is 19.1. The summed E-state index contributed by atoms with van der Waals surface area (Å²) in [4.78, 5) is 36.2. The minimum Gasteiger partial charge on any atom is -0.479 e. The first kappa shape index (κ1) is 24.4. The second-order valence-corrected chi connectivity index (χ2v) is 8.24. The SMILES string of the molecule is C=CCOC(=O)C(CCC1OC[C@@H](C(=O)O)O1)NC(=O)OCC1c2ccccc2-c2ccccc21. The third-order valence-corrected chi connectivity index (χ3v) is 5.98. The molecule has 2 N–H and O–H groups in total. The van der Waals surface area contributed by atoms with Gasteiger partial charge in [-0.1, -0.05) is 61.2 Å². The van der Waals surface area contributed by atoms with Crippen LogP contribution in [0.2, 0.25) is 0 Å². The van der Waals surface area contributed by atoms with Crippen molar-refractivity contribution in [2.75, 3.05) is 19.8 Å². The number of hydrogen-bond donors (Lipinski definition) is 2. The standard InChI is InChI=1S/C26H27NO8/c1-2-13-32-25(30)21(11-12-23-33-15-22(35-23)24(28)29)27-26(31)34-14-20-18-9-5-3-7-16(18)17-8-4-6-10-19(17)20/h2-10,20-23H,1,11-15H2,(H,27,31)(H,28,29)/t21?,22-,23?/m0/s1. The Balaban J connectivity index is 1.36. The molecule has 1 aliphatic heterocycles. The van der Waals surface area contributed by atoms with Crippen molar-refractivity contribution in [1.29, 1.82) is 0 Å². The number of carbonyl (C=O) groups excluding carboxylic acids is 2. The molecule has 1 aliphatic carbocycles. The number of carboxylic acid groups (broad SMARTS) is 1. The Morgan fingerprint density at radius 3 is 2.34 bits per heavy atom. The molecule has 2 aromatic carbocycles. The predicted molar refractivity (Wildman–Crippen MR) is 125 cm³/mol. The van der Waals surface area contributed by atoms with Crippen molar-refractivity contribution in [1.82, 2.24) is 5.32 Å². The highest BCUT2D eigenvalue weighted by atomic mass is 16.7. The summed E-state index contributed by atoms with van der Waals surface area (Å²) in [6.07, 6.45) is -0.901. The van der Waals surface area contributed by atoms with Gasteiger partial charge in [-0.15, -0.1) is 0 Å². The molecule has 1 fully saturated rings. The van der Waals surface area contributed by atoms with Crippen LogP contribution in [-0.2, 0) is 28.5 Å². The number of rotatable bonds is 10. The first-order chi connectivity index (χ1) is 17.0. The van der Waals surface area contributed by atoms with E-state index >= 15 is 0 Å². The number of ether oxygens (including phenoxy) is 4. The molecule has 2 unspecified atom stereocenters. The van der Waals surface area contributed by atoms with E-state index in [2.05, 4.69) is 11.9 Å². The number of carbonyl (C=O) groups is 3. The van der Waals surface area contributed by atoms with Gasteiger partial charge in [-0.2, -0.15) is 0 Å². The summed E-state index contributed by atoms with van der Waals surface area (Å²) in [5, 5.41) is 11.6. The van der Waals surface area contributed by atoms with E-state index in [-0.39, 0.29) is 38.6 Å². The number of esters is 1. The topological polar surface area (TPSA) is 120 Å². The van der Waals surface area contributed by atoms with Crippen LogP contribution in [0.15, 0.2) is 61.2 Å². The van der Waals surface area contributed by atoms with E-state index < -0.39 is 36.5 Å². The number of alkyl carbamates (subject to hydrolysis) is 1. The van der Waals surface area contributed by atoms with Gasteiger partial charge in [-0.25, -0.2) is 14.4 Å². The van der Waals surface area contributed by atoms with Crippen LogP contribution in [0.3, 0.4) is 0 Å². The molecular formula is C26H27NO8. The summed E-state index contributed by atoms with van der Waals surface area (Å²) < 4.78 is 21.2. The fraction of sp³-hybridized carbons (Fsp3) is 0.346. The van der Waals surface area contributed by atoms with Crippen LogP contribution in [0, 0.1) is 0 Å². The van der Waals surface area contributed by atoms with E-state index in [1.165, 1.54) is 6.08 Å². The molecule has 0 aromatic heterocycles. The Morgan fingerprint density at radius 1 is 1.09 bits per heavy atom. The largest absolute Gasteiger partial charge is 0.479 e. The van der Waals surface area contributed by atoms with Crippen molar-refractivity contribution >= 4 is 18.0 Å². The third kappa shape index (κ3) is 5.70. The first-order valence-corrected chi connectivity index (χ1v) is 11.4. The van der Waals surface area contributed by atoms with Gasteiger partial charge in [0.25, 0.3) is 0 Å². The van der Waals surface area contributed by atoms with E-state index in [1.54, 1.807) is 0 Å². The lowest BCUT2D eigenvalue weighted by atomic mass is 9.98. The molecule has 9 heteroatoms. The summed E-state index contributed by atoms with van der Waals surface area (Å²) in [5.41, 5.74) is 4.37. The first-order valence-electron chi connectivity index (χ1n) is 11.4. The number of nitrogens with one attached hydrogen (secondary N) is 1. The lowest BCUT2D eigenvalue weighted by Gasteiger charge is -2.20. The van der Waals surface area contributed by atoms with Crippen LogP contribution in [-0.4, -0.2) is 61.4 Å². The maximum atomic E-state index is 12.6. The Labute approximate surface area is 202 Å². The highest BCUT2D eigenvalue weighted by molar-refractivity contribution is 5.82. The molecule has 4 rings (SSSR count). The van der Waals surface area contributed by atoms with Crippen molar-refractivity contribution in [3.05, 3.63) is 72.3 Å². The van der Waals surface area contributed by atoms with Crippen LogP contribution < -0.4 is 5.32 Å². The number of carboxylic acids is 1. The Hall–Kier alpha value is -3.69. The van der Waals surface area contributed by atoms with Gasteiger partial charge >= 0.3 is 18.0 Å². The lowest BCUT2D eigenvalue weighted by molar-refractivity contribution is -0.152. The molecule has 0 radical (unpaired) electrons. The average molecular weight is 482 g/mol. The van der Waals surface area contributed by atoms with Crippen LogP contribution in [0.25, 0.3) is 11.1 Å². The molecule has 0 saturated carbocycles. The van der Waals surface area contributed by atoms with E-state index in [1.807, 2.05) is 48.5 Å². The second-order valence-electron chi connectivity index (χ2n) is 8.24. The molecule has 1 saturated heterocycles. The maximum absolute atomic E-state index is 12.6. The van der Waals surface area contributed by atoms with Crippen molar-refractivity contribution in [2.45, 2.75) is 37.2 Å². The molecule has 2 aromatic rings. The summed E-state index contributed by atoms with van der Waals surface area (Å²) in [6, 6.07) is 14.9. The Kier molecular flexibility index (Phi) is 7.79. The van der Waals surface area contributed by atoms with Crippen LogP contribution in [0.4, 0.5) is 4.79 Å². The minimum absolute atomic E-state index is 0.0147.